The second-order valence-electron chi connectivity index (χ2n) is 7.94. The van der Waals surface area contributed by atoms with Crippen LogP contribution in [0.5, 0.6) is 0 Å². The quantitative estimate of drug-likeness (QED) is 0.526. The number of ether oxygens (including phenoxy) is 2. The van der Waals surface area contributed by atoms with Gasteiger partial charge >= 0.3 is 0 Å². The second-order valence-corrected chi connectivity index (χ2v) is 7.94. The van der Waals surface area contributed by atoms with Crippen LogP contribution >= 0.6 is 0 Å². The molecule has 0 radical (unpaired) electrons. The van der Waals surface area contributed by atoms with Crippen LogP contribution < -0.4 is 0 Å². The van der Waals surface area contributed by atoms with Gasteiger partial charge in [-0.25, -0.2) is 0 Å². The Kier molecular flexibility index (Phi) is 7.49. The van der Waals surface area contributed by atoms with Gasteiger partial charge in [0.1, 0.15) is 18.9 Å². The first-order valence-corrected chi connectivity index (χ1v) is 10.8. The Morgan fingerprint density at radius 3 is 2.64 bits per heavy atom. The SMILES string of the molecule is COCc1ccc(C(=O)N2CC(=O)N(Cc3cccnc3)C[C@H](OCc3ccccc3)C2)o1. The van der Waals surface area contributed by atoms with Crippen molar-refractivity contribution < 1.29 is 23.5 Å². The molecule has 1 aliphatic heterocycles. The third kappa shape index (κ3) is 6.06. The Morgan fingerprint density at radius 2 is 1.88 bits per heavy atom. The van der Waals surface area contributed by atoms with Gasteiger partial charge < -0.3 is 23.7 Å². The molecule has 1 atom stereocenters. The number of methoxy groups -OCH3 is 1. The molecule has 0 bridgehead atoms. The number of amides is 2. The Labute approximate surface area is 192 Å². The van der Waals surface area contributed by atoms with Crippen molar-refractivity contribution in [1.82, 2.24) is 14.8 Å². The van der Waals surface area contributed by atoms with E-state index in [1.807, 2.05) is 42.5 Å². The Morgan fingerprint density at radius 1 is 1.06 bits per heavy atom. The monoisotopic (exact) mass is 449 g/mol. The molecule has 2 aromatic heterocycles. The molecule has 8 nitrogen and oxygen atoms in total. The van der Waals surface area contributed by atoms with Crippen LogP contribution in [0.4, 0.5) is 0 Å². The van der Waals surface area contributed by atoms with Crippen molar-refractivity contribution in [3.63, 3.8) is 0 Å². The van der Waals surface area contributed by atoms with Crippen molar-refractivity contribution in [3.8, 4) is 0 Å². The zero-order chi connectivity index (χ0) is 23.0. The summed E-state index contributed by atoms with van der Waals surface area (Å²) in [5.41, 5.74) is 1.95. The molecule has 2 amide bonds. The largest absolute Gasteiger partial charge is 0.453 e. The molecule has 1 fully saturated rings. The van der Waals surface area contributed by atoms with Crippen molar-refractivity contribution in [2.45, 2.75) is 25.9 Å². The summed E-state index contributed by atoms with van der Waals surface area (Å²) in [7, 11) is 1.56. The molecule has 0 saturated carbocycles. The van der Waals surface area contributed by atoms with Gasteiger partial charge in [-0.1, -0.05) is 36.4 Å². The van der Waals surface area contributed by atoms with E-state index in [0.29, 0.717) is 25.5 Å². The standard InChI is InChI=1S/C25H27N3O5/c1-31-18-21-9-10-23(33-21)25(30)28-15-22(32-17-19-6-3-2-4-7-19)14-27(24(29)16-28)13-20-8-5-11-26-12-20/h2-12,22H,13-18H2,1H3/t22-/m0/s1. The van der Waals surface area contributed by atoms with Gasteiger partial charge in [0.25, 0.3) is 5.91 Å². The number of aromatic nitrogens is 1. The van der Waals surface area contributed by atoms with Gasteiger partial charge in [0.05, 0.1) is 12.7 Å². The van der Waals surface area contributed by atoms with E-state index in [-0.39, 0.29) is 43.4 Å². The van der Waals surface area contributed by atoms with Gasteiger partial charge in [0, 0.05) is 39.1 Å². The minimum absolute atomic E-state index is 0.0510. The number of carbonyl (C=O) groups is 2. The molecular formula is C25H27N3O5. The van der Waals surface area contributed by atoms with Gasteiger partial charge in [0.2, 0.25) is 5.91 Å². The van der Waals surface area contributed by atoms with Crippen molar-refractivity contribution in [1.29, 1.82) is 0 Å². The summed E-state index contributed by atoms with van der Waals surface area (Å²) in [6.07, 6.45) is 3.08. The first-order chi connectivity index (χ1) is 16.1. The summed E-state index contributed by atoms with van der Waals surface area (Å²) in [5, 5.41) is 0. The third-order valence-corrected chi connectivity index (χ3v) is 5.40. The zero-order valence-corrected chi connectivity index (χ0v) is 18.6. The van der Waals surface area contributed by atoms with Crippen molar-refractivity contribution >= 4 is 11.8 Å². The van der Waals surface area contributed by atoms with Crippen LogP contribution in [0.2, 0.25) is 0 Å². The maximum absolute atomic E-state index is 13.2. The minimum atomic E-state index is -0.356. The molecule has 1 aromatic carbocycles. The van der Waals surface area contributed by atoms with E-state index in [2.05, 4.69) is 4.98 Å². The molecule has 3 aromatic rings. The summed E-state index contributed by atoms with van der Waals surface area (Å²) in [6.45, 7) is 1.66. The van der Waals surface area contributed by atoms with E-state index < -0.39 is 0 Å². The molecule has 1 saturated heterocycles. The van der Waals surface area contributed by atoms with E-state index in [1.165, 1.54) is 4.90 Å². The highest BCUT2D eigenvalue weighted by molar-refractivity contribution is 5.94. The topological polar surface area (TPSA) is 85.1 Å². The van der Waals surface area contributed by atoms with Crippen LogP contribution in [-0.4, -0.2) is 59.4 Å². The summed E-state index contributed by atoms with van der Waals surface area (Å²) in [4.78, 5) is 33.6. The first-order valence-electron chi connectivity index (χ1n) is 10.8. The molecule has 4 rings (SSSR count). The average Bonchev–Trinajstić information content (AvgIpc) is 3.25. The minimum Gasteiger partial charge on any atom is -0.453 e. The third-order valence-electron chi connectivity index (χ3n) is 5.40. The van der Waals surface area contributed by atoms with Crippen LogP contribution in [0.3, 0.4) is 0 Å². The number of furan rings is 1. The molecule has 33 heavy (non-hydrogen) atoms. The first kappa shape index (κ1) is 22.7. The fourth-order valence-corrected chi connectivity index (χ4v) is 3.76. The molecule has 0 N–H and O–H groups in total. The van der Waals surface area contributed by atoms with Gasteiger partial charge in [-0.15, -0.1) is 0 Å². The lowest BCUT2D eigenvalue weighted by Crippen LogP contribution is -2.39. The Hall–Kier alpha value is -3.49. The number of nitrogens with zero attached hydrogens (tertiary/aromatic N) is 3. The fraction of sp³-hybridized carbons (Fsp3) is 0.320. The van der Waals surface area contributed by atoms with Gasteiger partial charge in [-0.05, 0) is 29.3 Å². The number of benzene rings is 1. The fourth-order valence-electron chi connectivity index (χ4n) is 3.76. The number of pyridine rings is 1. The van der Waals surface area contributed by atoms with Crippen molar-refractivity contribution in [3.05, 3.63) is 89.6 Å². The molecule has 0 unspecified atom stereocenters. The van der Waals surface area contributed by atoms with Crippen LogP contribution in [0, 0.1) is 0 Å². The predicted molar refractivity (Wildman–Crippen MR) is 120 cm³/mol. The van der Waals surface area contributed by atoms with Gasteiger partial charge in [0.15, 0.2) is 5.76 Å². The second kappa shape index (κ2) is 10.9. The molecule has 8 heteroatoms. The highest BCUT2D eigenvalue weighted by atomic mass is 16.5. The molecule has 172 valence electrons. The van der Waals surface area contributed by atoms with Crippen LogP contribution in [-0.2, 0) is 34.0 Å². The zero-order valence-electron chi connectivity index (χ0n) is 18.6. The number of carbonyl (C=O) groups excluding carboxylic acids is 2. The summed E-state index contributed by atoms with van der Waals surface area (Å²) in [6, 6.07) is 16.9. The Balaban J connectivity index is 1.52. The molecule has 1 aliphatic rings. The van der Waals surface area contributed by atoms with E-state index in [1.54, 1.807) is 36.5 Å². The highest BCUT2D eigenvalue weighted by Crippen LogP contribution is 2.18. The molecule has 0 spiro atoms. The lowest BCUT2D eigenvalue weighted by atomic mass is 10.2. The lowest BCUT2D eigenvalue weighted by molar-refractivity contribution is -0.132. The summed E-state index contributed by atoms with van der Waals surface area (Å²) in [5.74, 6) is 0.235. The number of rotatable bonds is 8. The van der Waals surface area contributed by atoms with Crippen molar-refractivity contribution in [2.75, 3.05) is 26.7 Å². The van der Waals surface area contributed by atoms with Gasteiger partial charge in [-0.2, -0.15) is 0 Å². The smallest absolute Gasteiger partial charge is 0.290 e. The maximum Gasteiger partial charge on any atom is 0.290 e. The van der Waals surface area contributed by atoms with E-state index in [9.17, 15) is 9.59 Å². The van der Waals surface area contributed by atoms with Gasteiger partial charge in [-0.3, -0.25) is 14.6 Å². The predicted octanol–water partition coefficient (Wildman–Crippen LogP) is 2.89. The molecule has 0 aliphatic carbocycles. The molecule has 3 heterocycles. The maximum atomic E-state index is 13.2. The van der Waals surface area contributed by atoms with Crippen LogP contribution in [0.1, 0.15) is 27.4 Å². The average molecular weight is 450 g/mol. The molecular weight excluding hydrogens is 422 g/mol. The highest BCUT2D eigenvalue weighted by Gasteiger charge is 2.32. The van der Waals surface area contributed by atoms with E-state index in [4.69, 9.17) is 13.9 Å². The normalized spacial score (nSPS) is 16.6. The number of hydrogen-bond acceptors (Lipinski definition) is 6. The summed E-state index contributed by atoms with van der Waals surface area (Å²) < 4.78 is 16.8. The summed E-state index contributed by atoms with van der Waals surface area (Å²) >= 11 is 0. The van der Waals surface area contributed by atoms with E-state index in [0.717, 1.165) is 11.1 Å². The number of hydrogen-bond donors (Lipinski definition) is 0. The van der Waals surface area contributed by atoms with E-state index >= 15 is 0 Å². The lowest BCUT2D eigenvalue weighted by Gasteiger charge is -2.24. The van der Waals surface area contributed by atoms with Crippen LogP contribution in [0.25, 0.3) is 0 Å². The Bertz CT molecular complexity index is 1050. The van der Waals surface area contributed by atoms with Crippen LogP contribution in [0.15, 0.2) is 71.4 Å². The van der Waals surface area contributed by atoms with Crippen molar-refractivity contribution in [2.24, 2.45) is 0 Å².